The number of hydrogen-bond donors (Lipinski definition) is 1. The first-order valence-electron chi connectivity index (χ1n) is 9.91. The number of nitrogens with zero attached hydrogens (tertiary/aromatic N) is 1. The molecule has 1 aromatic carbocycles. The number of allylic oxidation sites excluding steroid dienone is 1. The molecule has 2 atom stereocenters. The number of anilines is 1. The van der Waals surface area contributed by atoms with Gasteiger partial charge in [0.15, 0.2) is 5.78 Å². The van der Waals surface area contributed by atoms with Crippen LogP contribution in [0.25, 0.3) is 0 Å². The number of ether oxygens (including phenoxy) is 2. The number of hydrogen-bond acceptors (Lipinski definition) is 6. The smallest absolute Gasteiger partial charge is 0.341 e. The van der Waals surface area contributed by atoms with Crippen LogP contribution in [-0.4, -0.2) is 30.8 Å². The minimum atomic E-state index is -1.63. The van der Waals surface area contributed by atoms with Crippen LogP contribution in [0.4, 0.5) is 5.69 Å². The third-order valence-electron chi connectivity index (χ3n) is 5.82. The van der Waals surface area contributed by atoms with Gasteiger partial charge in [-0.2, -0.15) is 0 Å². The van der Waals surface area contributed by atoms with Gasteiger partial charge in [-0.25, -0.2) is 4.79 Å². The molecule has 0 radical (unpaired) electrons. The number of carbonyl (C=O) groups is 3. The van der Waals surface area contributed by atoms with Gasteiger partial charge in [-0.3, -0.25) is 9.59 Å². The SMILES string of the molecule is CCOC(=O)C1=C(N)OC2=C(C(=O)C[C@@H](C)C2)[C@@]12C(=O)N(CC)c1ccccc12. The minimum absolute atomic E-state index is 0.0595. The molecule has 1 spiro atoms. The van der Waals surface area contributed by atoms with Crippen LogP contribution >= 0.6 is 0 Å². The number of carbonyl (C=O) groups excluding carboxylic acids is 3. The zero-order valence-electron chi connectivity index (χ0n) is 16.8. The lowest BCUT2D eigenvalue weighted by Gasteiger charge is -2.39. The summed E-state index contributed by atoms with van der Waals surface area (Å²) in [6.07, 6.45) is 0.753. The van der Waals surface area contributed by atoms with E-state index in [1.807, 2.05) is 26.0 Å². The van der Waals surface area contributed by atoms with Crippen LogP contribution in [0.2, 0.25) is 0 Å². The average molecular weight is 396 g/mol. The molecule has 1 aromatic rings. The lowest BCUT2D eigenvalue weighted by molar-refractivity contribution is -0.141. The van der Waals surface area contributed by atoms with Gasteiger partial charge in [-0.1, -0.05) is 25.1 Å². The number of Topliss-reactive ketones (excluding diaryl/α,β-unsaturated/α-hetero) is 1. The summed E-state index contributed by atoms with van der Waals surface area (Å²) >= 11 is 0. The highest BCUT2D eigenvalue weighted by molar-refractivity contribution is 6.23. The van der Waals surface area contributed by atoms with Crippen LogP contribution in [0, 0.1) is 5.92 Å². The number of nitrogens with two attached hydrogens (primary N) is 1. The van der Waals surface area contributed by atoms with Crippen molar-refractivity contribution in [3.8, 4) is 0 Å². The van der Waals surface area contributed by atoms with Crippen molar-refractivity contribution in [2.24, 2.45) is 11.7 Å². The van der Waals surface area contributed by atoms with Gasteiger partial charge in [0.25, 0.3) is 0 Å². The molecule has 0 aromatic heterocycles. The predicted molar refractivity (Wildman–Crippen MR) is 106 cm³/mol. The fourth-order valence-electron chi connectivity index (χ4n) is 4.78. The topological polar surface area (TPSA) is 98.9 Å². The summed E-state index contributed by atoms with van der Waals surface area (Å²) in [5, 5.41) is 0. The van der Waals surface area contributed by atoms with Gasteiger partial charge in [0, 0.05) is 30.6 Å². The third kappa shape index (κ3) is 2.46. The lowest BCUT2D eigenvalue weighted by Crippen LogP contribution is -2.51. The second kappa shape index (κ2) is 6.76. The van der Waals surface area contributed by atoms with E-state index in [-0.39, 0.29) is 47.7 Å². The van der Waals surface area contributed by atoms with Gasteiger partial charge >= 0.3 is 5.97 Å². The monoisotopic (exact) mass is 396 g/mol. The molecular weight excluding hydrogens is 372 g/mol. The summed E-state index contributed by atoms with van der Waals surface area (Å²) in [4.78, 5) is 41.8. The second-order valence-electron chi connectivity index (χ2n) is 7.61. The van der Waals surface area contributed by atoms with Crippen LogP contribution in [0.1, 0.15) is 39.2 Å². The Balaban J connectivity index is 2.09. The van der Waals surface area contributed by atoms with Crippen molar-refractivity contribution in [2.45, 2.75) is 39.0 Å². The number of likely N-dealkylation sites (N-methyl/N-ethyl adjacent to an activating group) is 1. The molecule has 0 fully saturated rings. The molecule has 0 saturated heterocycles. The first kappa shape index (κ1) is 19.2. The van der Waals surface area contributed by atoms with Gasteiger partial charge in [0.2, 0.25) is 11.8 Å². The highest BCUT2D eigenvalue weighted by Crippen LogP contribution is 2.56. The van der Waals surface area contributed by atoms with Crippen molar-refractivity contribution in [2.75, 3.05) is 18.1 Å². The van der Waals surface area contributed by atoms with Gasteiger partial charge in [0.1, 0.15) is 16.7 Å². The zero-order chi connectivity index (χ0) is 20.9. The van der Waals surface area contributed by atoms with E-state index < -0.39 is 11.4 Å². The van der Waals surface area contributed by atoms with Gasteiger partial charge in [-0.05, 0) is 25.8 Å². The van der Waals surface area contributed by atoms with Crippen molar-refractivity contribution in [3.05, 3.63) is 52.6 Å². The number of fused-ring (bicyclic) bond motifs is 3. The van der Waals surface area contributed by atoms with Crippen LogP contribution in [-0.2, 0) is 29.3 Å². The summed E-state index contributed by atoms with van der Waals surface area (Å²) in [5.74, 6) is -1.06. The highest BCUT2D eigenvalue weighted by atomic mass is 16.5. The summed E-state index contributed by atoms with van der Waals surface area (Å²) in [5.41, 5.74) is 5.93. The van der Waals surface area contributed by atoms with Crippen LogP contribution < -0.4 is 10.6 Å². The summed E-state index contributed by atoms with van der Waals surface area (Å²) in [6.45, 7) is 5.97. The Morgan fingerprint density at radius 2 is 2.00 bits per heavy atom. The van der Waals surface area contributed by atoms with Gasteiger partial charge in [0.05, 0.1) is 12.2 Å². The fraction of sp³-hybridized carbons (Fsp3) is 0.409. The van der Waals surface area contributed by atoms with Crippen LogP contribution in [0.15, 0.2) is 47.1 Å². The van der Waals surface area contributed by atoms with Crippen molar-refractivity contribution >= 4 is 23.3 Å². The Hall–Kier alpha value is -3.09. The number of ketones is 1. The molecule has 7 heteroatoms. The summed E-state index contributed by atoms with van der Waals surface area (Å²) in [7, 11) is 0. The van der Waals surface area contributed by atoms with Gasteiger partial charge in [-0.15, -0.1) is 0 Å². The maximum absolute atomic E-state index is 13.9. The van der Waals surface area contributed by atoms with Crippen LogP contribution in [0.5, 0.6) is 0 Å². The lowest BCUT2D eigenvalue weighted by atomic mass is 9.64. The molecule has 4 rings (SSSR count). The quantitative estimate of drug-likeness (QED) is 0.787. The molecule has 2 N–H and O–H groups in total. The molecule has 2 heterocycles. The normalized spacial score (nSPS) is 25.9. The van der Waals surface area contributed by atoms with E-state index in [0.29, 0.717) is 30.0 Å². The number of benzene rings is 1. The molecule has 0 saturated carbocycles. The Kier molecular flexibility index (Phi) is 4.48. The molecule has 1 amide bonds. The molecular formula is C22H24N2O5. The summed E-state index contributed by atoms with van der Waals surface area (Å²) in [6, 6.07) is 7.20. The number of rotatable bonds is 3. The maximum atomic E-state index is 13.9. The fourth-order valence-corrected chi connectivity index (χ4v) is 4.78. The molecule has 1 aliphatic carbocycles. The highest BCUT2D eigenvalue weighted by Gasteiger charge is 2.63. The Morgan fingerprint density at radius 3 is 2.69 bits per heavy atom. The van der Waals surface area contributed by atoms with Gasteiger partial charge < -0.3 is 20.1 Å². The Morgan fingerprint density at radius 1 is 1.28 bits per heavy atom. The van der Waals surface area contributed by atoms with E-state index in [1.165, 1.54) is 0 Å². The average Bonchev–Trinajstić information content (AvgIpc) is 2.90. The molecule has 29 heavy (non-hydrogen) atoms. The standard InChI is InChI=1S/C22H24N2O5/c1-4-24-14-9-7-6-8-13(14)22(21(24)27)17-15(25)10-12(3)11-16(17)29-19(23)18(22)20(26)28-5-2/h6-9,12H,4-5,10-11,23H2,1-3H3/t12-,22-/m1/s1. The Labute approximate surface area is 169 Å². The minimum Gasteiger partial charge on any atom is -0.462 e. The third-order valence-corrected chi connectivity index (χ3v) is 5.82. The number of amides is 1. The van der Waals surface area contributed by atoms with E-state index >= 15 is 0 Å². The second-order valence-corrected chi connectivity index (χ2v) is 7.61. The zero-order valence-corrected chi connectivity index (χ0v) is 16.8. The van der Waals surface area contributed by atoms with E-state index in [0.717, 1.165) is 0 Å². The first-order valence-corrected chi connectivity index (χ1v) is 9.91. The number of para-hydroxylation sites is 1. The van der Waals surface area contributed by atoms with Crippen molar-refractivity contribution < 1.29 is 23.9 Å². The predicted octanol–water partition coefficient (Wildman–Crippen LogP) is 2.31. The van der Waals surface area contributed by atoms with E-state index in [2.05, 4.69) is 0 Å². The molecule has 3 aliphatic rings. The van der Waals surface area contributed by atoms with E-state index in [1.54, 1.807) is 24.0 Å². The van der Waals surface area contributed by atoms with Crippen molar-refractivity contribution in [1.29, 1.82) is 0 Å². The Bertz CT molecular complexity index is 993. The van der Waals surface area contributed by atoms with Crippen molar-refractivity contribution in [3.63, 3.8) is 0 Å². The largest absolute Gasteiger partial charge is 0.462 e. The molecule has 2 aliphatic heterocycles. The van der Waals surface area contributed by atoms with Crippen molar-refractivity contribution in [1.82, 2.24) is 0 Å². The molecule has 152 valence electrons. The van der Waals surface area contributed by atoms with Crippen LogP contribution in [0.3, 0.4) is 0 Å². The first-order chi connectivity index (χ1) is 13.9. The summed E-state index contributed by atoms with van der Waals surface area (Å²) < 4.78 is 11.0. The molecule has 0 unspecified atom stereocenters. The maximum Gasteiger partial charge on any atom is 0.341 e. The molecule has 0 bridgehead atoms. The van der Waals surface area contributed by atoms with E-state index in [9.17, 15) is 14.4 Å². The molecule has 7 nitrogen and oxygen atoms in total. The number of esters is 1. The van der Waals surface area contributed by atoms with E-state index in [4.69, 9.17) is 15.2 Å².